The first-order valence-electron chi connectivity index (χ1n) is 7.00. The standard InChI is InChI=1S/C14H23N3O2/c1-2-11(18)7-8-16-13-6-5-12(15)14(17-13)19-9-10-3-4-10/h5-6,10-11,18H,2-4,7-9,15H2,1H3,(H,16,17). The van der Waals surface area contributed by atoms with Crippen LogP contribution in [0, 0.1) is 5.92 Å². The molecule has 0 amide bonds. The third kappa shape index (κ3) is 4.59. The molecule has 1 atom stereocenters. The summed E-state index contributed by atoms with van der Waals surface area (Å²) in [5.74, 6) is 1.92. The van der Waals surface area contributed by atoms with E-state index in [0.717, 1.165) is 12.2 Å². The van der Waals surface area contributed by atoms with Crippen LogP contribution in [0.4, 0.5) is 11.5 Å². The Hall–Kier alpha value is -1.49. The van der Waals surface area contributed by atoms with Gasteiger partial charge in [-0.1, -0.05) is 6.92 Å². The molecule has 1 aliphatic carbocycles. The molecule has 1 unspecified atom stereocenters. The first-order chi connectivity index (χ1) is 9.19. The maximum atomic E-state index is 9.48. The molecule has 0 spiro atoms. The number of aromatic nitrogens is 1. The highest BCUT2D eigenvalue weighted by Gasteiger charge is 2.22. The lowest BCUT2D eigenvalue weighted by atomic mass is 10.2. The fraction of sp³-hybridized carbons (Fsp3) is 0.643. The molecule has 0 saturated heterocycles. The number of nitrogen functional groups attached to an aromatic ring is 1. The van der Waals surface area contributed by atoms with Gasteiger partial charge < -0.3 is 20.9 Å². The summed E-state index contributed by atoms with van der Waals surface area (Å²) in [5.41, 5.74) is 6.41. The second kappa shape index (κ2) is 6.61. The Kier molecular flexibility index (Phi) is 4.85. The second-order valence-corrected chi connectivity index (χ2v) is 5.12. The van der Waals surface area contributed by atoms with Gasteiger partial charge in [0.25, 0.3) is 0 Å². The number of hydrogen-bond donors (Lipinski definition) is 3. The van der Waals surface area contributed by atoms with E-state index in [4.69, 9.17) is 10.5 Å². The molecule has 0 bridgehead atoms. The minimum absolute atomic E-state index is 0.258. The van der Waals surface area contributed by atoms with Crippen molar-refractivity contribution < 1.29 is 9.84 Å². The lowest BCUT2D eigenvalue weighted by molar-refractivity contribution is 0.164. The average Bonchev–Trinajstić information content (AvgIpc) is 3.23. The summed E-state index contributed by atoms with van der Waals surface area (Å²) in [5, 5.41) is 12.7. The largest absolute Gasteiger partial charge is 0.476 e. The minimum Gasteiger partial charge on any atom is -0.476 e. The number of anilines is 2. The summed E-state index contributed by atoms with van der Waals surface area (Å²) in [6.45, 7) is 3.36. The first kappa shape index (κ1) is 13.9. The van der Waals surface area contributed by atoms with Crippen molar-refractivity contribution in [2.45, 2.75) is 38.7 Å². The van der Waals surface area contributed by atoms with Gasteiger partial charge in [0.15, 0.2) is 0 Å². The summed E-state index contributed by atoms with van der Waals surface area (Å²) in [7, 11) is 0. The van der Waals surface area contributed by atoms with Crippen LogP contribution in [0.15, 0.2) is 12.1 Å². The highest BCUT2D eigenvalue weighted by Crippen LogP contribution is 2.30. The summed E-state index contributed by atoms with van der Waals surface area (Å²) in [6, 6.07) is 3.63. The molecule has 1 heterocycles. The van der Waals surface area contributed by atoms with Crippen LogP contribution in [-0.2, 0) is 0 Å². The quantitative estimate of drug-likeness (QED) is 0.670. The monoisotopic (exact) mass is 265 g/mol. The Bertz CT molecular complexity index is 408. The SMILES string of the molecule is CCC(O)CCNc1ccc(N)c(OCC2CC2)n1. The zero-order chi connectivity index (χ0) is 13.7. The van der Waals surface area contributed by atoms with E-state index in [1.54, 1.807) is 6.07 Å². The molecule has 1 fully saturated rings. The van der Waals surface area contributed by atoms with Crippen molar-refractivity contribution in [2.24, 2.45) is 5.92 Å². The van der Waals surface area contributed by atoms with E-state index in [0.29, 0.717) is 37.1 Å². The summed E-state index contributed by atoms with van der Waals surface area (Å²) < 4.78 is 5.62. The van der Waals surface area contributed by atoms with Crippen LogP contribution < -0.4 is 15.8 Å². The molecule has 5 nitrogen and oxygen atoms in total. The molecule has 1 aromatic rings. The van der Waals surface area contributed by atoms with Gasteiger partial charge in [-0.15, -0.1) is 0 Å². The molecule has 1 aliphatic rings. The molecule has 4 N–H and O–H groups in total. The molecule has 5 heteroatoms. The Morgan fingerprint density at radius 3 is 3.00 bits per heavy atom. The van der Waals surface area contributed by atoms with Crippen LogP contribution in [0.2, 0.25) is 0 Å². The summed E-state index contributed by atoms with van der Waals surface area (Å²) in [6.07, 6.45) is 3.71. The van der Waals surface area contributed by atoms with Crippen molar-refractivity contribution >= 4 is 11.5 Å². The van der Waals surface area contributed by atoms with Gasteiger partial charge in [0.1, 0.15) is 5.82 Å². The van der Waals surface area contributed by atoms with Crippen LogP contribution in [0.5, 0.6) is 5.88 Å². The second-order valence-electron chi connectivity index (χ2n) is 5.12. The molecule has 0 radical (unpaired) electrons. The van der Waals surface area contributed by atoms with Crippen LogP contribution in [0.25, 0.3) is 0 Å². The van der Waals surface area contributed by atoms with Gasteiger partial charge in [-0.3, -0.25) is 0 Å². The number of nitrogens with one attached hydrogen (secondary N) is 1. The van der Waals surface area contributed by atoms with Crippen molar-refractivity contribution in [1.29, 1.82) is 0 Å². The third-order valence-corrected chi connectivity index (χ3v) is 3.30. The lowest BCUT2D eigenvalue weighted by Crippen LogP contribution is -2.13. The van der Waals surface area contributed by atoms with Gasteiger partial charge in [0, 0.05) is 6.54 Å². The zero-order valence-electron chi connectivity index (χ0n) is 11.4. The minimum atomic E-state index is -0.258. The molecule has 2 rings (SSSR count). The normalized spacial score (nSPS) is 16.1. The topological polar surface area (TPSA) is 80.4 Å². The van der Waals surface area contributed by atoms with Crippen molar-refractivity contribution in [3.8, 4) is 5.88 Å². The highest BCUT2D eigenvalue weighted by molar-refractivity contribution is 5.53. The van der Waals surface area contributed by atoms with Crippen LogP contribution in [0.3, 0.4) is 0 Å². The number of pyridine rings is 1. The van der Waals surface area contributed by atoms with Gasteiger partial charge in [-0.2, -0.15) is 4.98 Å². The Labute approximate surface area is 114 Å². The van der Waals surface area contributed by atoms with E-state index in [9.17, 15) is 5.11 Å². The Balaban J connectivity index is 1.84. The number of aliphatic hydroxyl groups excluding tert-OH is 1. The Morgan fingerprint density at radius 2 is 2.32 bits per heavy atom. The third-order valence-electron chi connectivity index (χ3n) is 3.30. The molecule has 19 heavy (non-hydrogen) atoms. The molecule has 1 aromatic heterocycles. The maximum absolute atomic E-state index is 9.48. The molecular formula is C14H23N3O2. The predicted octanol–water partition coefficient (Wildman–Crippen LogP) is 2.03. The van der Waals surface area contributed by atoms with Gasteiger partial charge in [-0.05, 0) is 43.7 Å². The molecule has 106 valence electrons. The van der Waals surface area contributed by atoms with Crippen LogP contribution in [-0.4, -0.2) is 29.3 Å². The summed E-state index contributed by atoms with van der Waals surface area (Å²) in [4.78, 5) is 4.35. The van der Waals surface area contributed by atoms with E-state index >= 15 is 0 Å². The molecule has 0 aliphatic heterocycles. The summed E-state index contributed by atoms with van der Waals surface area (Å²) >= 11 is 0. The number of hydrogen-bond acceptors (Lipinski definition) is 5. The number of aliphatic hydroxyl groups is 1. The highest BCUT2D eigenvalue weighted by atomic mass is 16.5. The van der Waals surface area contributed by atoms with E-state index in [2.05, 4.69) is 10.3 Å². The average molecular weight is 265 g/mol. The van der Waals surface area contributed by atoms with Gasteiger partial charge in [0.05, 0.1) is 18.4 Å². The number of rotatable bonds is 8. The Morgan fingerprint density at radius 1 is 1.53 bits per heavy atom. The van der Waals surface area contributed by atoms with Crippen LogP contribution in [0.1, 0.15) is 32.6 Å². The number of nitrogens with two attached hydrogens (primary N) is 1. The number of ether oxygens (including phenoxy) is 1. The van der Waals surface area contributed by atoms with E-state index < -0.39 is 0 Å². The van der Waals surface area contributed by atoms with Crippen molar-refractivity contribution in [2.75, 3.05) is 24.2 Å². The number of nitrogens with zero attached hydrogens (tertiary/aromatic N) is 1. The van der Waals surface area contributed by atoms with Gasteiger partial charge in [-0.25, -0.2) is 0 Å². The molecule has 1 saturated carbocycles. The van der Waals surface area contributed by atoms with E-state index in [1.165, 1.54) is 12.8 Å². The molecular weight excluding hydrogens is 242 g/mol. The van der Waals surface area contributed by atoms with Gasteiger partial charge >= 0.3 is 0 Å². The van der Waals surface area contributed by atoms with Crippen molar-refractivity contribution in [3.63, 3.8) is 0 Å². The van der Waals surface area contributed by atoms with Crippen molar-refractivity contribution in [1.82, 2.24) is 4.98 Å². The maximum Gasteiger partial charge on any atom is 0.239 e. The van der Waals surface area contributed by atoms with Crippen molar-refractivity contribution in [3.05, 3.63) is 12.1 Å². The predicted molar refractivity (Wildman–Crippen MR) is 76.3 cm³/mol. The first-order valence-corrected chi connectivity index (χ1v) is 7.00. The fourth-order valence-corrected chi connectivity index (χ4v) is 1.72. The van der Waals surface area contributed by atoms with E-state index in [-0.39, 0.29) is 6.10 Å². The van der Waals surface area contributed by atoms with E-state index in [1.807, 2.05) is 13.0 Å². The lowest BCUT2D eigenvalue weighted by Gasteiger charge is -2.12. The van der Waals surface area contributed by atoms with Gasteiger partial charge in [0.2, 0.25) is 5.88 Å². The fourth-order valence-electron chi connectivity index (χ4n) is 1.72. The van der Waals surface area contributed by atoms with Crippen LogP contribution >= 0.6 is 0 Å². The molecule has 0 aromatic carbocycles. The zero-order valence-corrected chi connectivity index (χ0v) is 11.4. The smallest absolute Gasteiger partial charge is 0.239 e.